The van der Waals surface area contributed by atoms with Gasteiger partial charge in [-0.2, -0.15) is 0 Å². The molecule has 0 bridgehead atoms. The summed E-state index contributed by atoms with van der Waals surface area (Å²) in [4.78, 5) is 2.57. The summed E-state index contributed by atoms with van der Waals surface area (Å²) in [5.74, 6) is 0.150. The first-order valence-corrected chi connectivity index (χ1v) is 24.6. The lowest BCUT2D eigenvalue weighted by atomic mass is 9.49. The third-order valence-electron chi connectivity index (χ3n) is 16.0. The molecule has 3 unspecified atom stereocenters. The van der Waals surface area contributed by atoms with Gasteiger partial charge in [0, 0.05) is 32.3 Å². The van der Waals surface area contributed by atoms with E-state index in [0.717, 1.165) is 12.1 Å². The van der Waals surface area contributed by atoms with Gasteiger partial charge in [-0.3, -0.25) is 0 Å². The van der Waals surface area contributed by atoms with E-state index in [1.165, 1.54) is 104 Å². The molecule has 1 aromatic heterocycles. The van der Waals surface area contributed by atoms with E-state index in [9.17, 15) is 0 Å². The number of hydrogen-bond acceptors (Lipinski definition) is 2. The molecule has 3 atom stereocenters. The summed E-state index contributed by atoms with van der Waals surface area (Å²) in [6, 6.07) is 78.9. The van der Waals surface area contributed by atoms with Crippen LogP contribution in [0.3, 0.4) is 0 Å². The van der Waals surface area contributed by atoms with Gasteiger partial charge in [-0.05, 0) is 121 Å². The van der Waals surface area contributed by atoms with Gasteiger partial charge in [-0.15, -0.1) is 11.3 Å². The van der Waals surface area contributed by atoms with Gasteiger partial charge in [0.25, 0.3) is 0 Å². The number of anilines is 3. The van der Waals surface area contributed by atoms with Crippen LogP contribution in [0.15, 0.2) is 231 Å². The lowest BCUT2D eigenvalue weighted by molar-refractivity contribution is 0.424. The Balaban J connectivity index is 1.07. The van der Waals surface area contributed by atoms with Gasteiger partial charge >= 0.3 is 0 Å². The van der Waals surface area contributed by atoms with E-state index in [4.69, 9.17) is 0 Å². The minimum atomic E-state index is -0.531. The number of nitrogens with zero attached hydrogens (tertiary/aromatic N) is 1. The molecule has 0 fully saturated rings. The number of allylic oxidation sites excluding steroid dienone is 4. The Hall–Kier alpha value is -7.52. The zero-order chi connectivity index (χ0) is 44.5. The molecule has 4 aliphatic rings. The van der Waals surface area contributed by atoms with Crippen molar-refractivity contribution in [1.29, 1.82) is 0 Å². The van der Waals surface area contributed by atoms with Crippen molar-refractivity contribution in [3.05, 3.63) is 281 Å². The van der Waals surface area contributed by atoms with E-state index in [1.54, 1.807) is 0 Å². The first kappa shape index (κ1) is 38.7. The van der Waals surface area contributed by atoms with Crippen LogP contribution >= 0.6 is 11.3 Å². The van der Waals surface area contributed by atoms with E-state index >= 15 is 0 Å². The minimum absolute atomic E-state index is 0.147. The fraction of sp³-hybridized carbons (Fsp3) is 0.108. The van der Waals surface area contributed by atoms with Crippen molar-refractivity contribution in [3.63, 3.8) is 0 Å². The molecule has 67 heavy (non-hydrogen) atoms. The smallest absolute Gasteiger partial charge is 0.0719 e. The molecule has 14 rings (SSSR count). The zero-order valence-corrected chi connectivity index (χ0v) is 38.4. The van der Waals surface area contributed by atoms with Crippen molar-refractivity contribution in [3.8, 4) is 22.3 Å². The number of hydrogen-bond donors (Lipinski definition) is 0. The first-order chi connectivity index (χ1) is 33.0. The molecule has 318 valence electrons. The van der Waals surface area contributed by atoms with Gasteiger partial charge in [0.05, 0.1) is 21.2 Å². The highest BCUT2D eigenvalue weighted by molar-refractivity contribution is 7.26. The molecule has 4 aliphatic carbocycles. The van der Waals surface area contributed by atoms with Gasteiger partial charge in [-0.25, -0.2) is 0 Å². The van der Waals surface area contributed by atoms with Gasteiger partial charge in [0.15, 0.2) is 0 Å². The van der Waals surface area contributed by atoms with Crippen LogP contribution in [-0.4, -0.2) is 0 Å². The second-order valence-corrected chi connectivity index (χ2v) is 20.5. The number of fused-ring (bicyclic) bond motifs is 11. The van der Waals surface area contributed by atoms with Crippen LogP contribution in [0.1, 0.15) is 70.3 Å². The van der Waals surface area contributed by atoms with Crippen molar-refractivity contribution in [1.82, 2.24) is 0 Å². The SMILES string of the molecule is CC1(C)c2ccccc2-c2ccc(N(c3cccc(C4(C5C=CC=CC5)c5ccccc5C5(c6ccccc6)c6ccccc6-c6cccc4c65)c3)c3cccc4c3sc3ccccc34)cc21. The summed E-state index contributed by atoms with van der Waals surface area (Å²) in [6.07, 6.45) is 10.3. The number of benzene rings is 9. The Kier molecular flexibility index (Phi) is 8.23. The maximum Gasteiger partial charge on any atom is 0.0719 e. The molecule has 0 spiro atoms. The molecule has 9 aromatic carbocycles. The van der Waals surface area contributed by atoms with Crippen molar-refractivity contribution < 1.29 is 0 Å². The molecule has 0 radical (unpaired) electrons. The highest BCUT2D eigenvalue weighted by Crippen LogP contribution is 2.67. The van der Waals surface area contributed by atoms with Gasteiger partial charge in [0.1, 0.15) is 0 Å². The summed E-state index contributed by atoms with van der Waals surface area (Å²) >= 11 is 1.90. The second kappa shape index (κ2) is 14.2. The normalized spacial score (nSPS) is 20.0. The van der Waals surface area contributed by atoms with Crippen molar-refractivity contribution in [2.45, 2.75) is 36.5 Å². The maximum absolute atomic E-state index is 2.57. The number of thiophene rings is 1. The summed E-state index contributed by atoms with van der Waals surface area (Å²) in [5.41, 5.74) is 20.0. The van der Waals surface area contributed by atoms with Crippen LogP contribution < -0.4 is 4.90 Å². The van der Waals surface area contributed by atoms with Crippen LogP contribution in [0.5, 0.6) is 0 Å². The Morgan fingerprint density at radius 1 is 0.463 bits per heavy atom. The Morgan fingerprint density at radius 3 is 1.93 bits per heavy atom. The molecule has 0 N–H and O–H groups in total. The fourth-order valence-corrected chi connectivity index (χ4v) is 14.5. The van der Waals surface area contributed by atoms with Crippen LogP contribution in [0.4, 0.5) is 17.1 Å². The lowest BCUT2D eigenvalue weighted by Crippen LogP contribution is -2.47. The molecule has 10 aromatic rings. The lowest BCUT2D eigenvalue weighted by Gasteiger charge is -2.52. The van der Waals surface area contributed by atoms with E-state index in [0.29, 0.717) is 0 Å². The summed E-state index contributed by atoms with van der Waals surface area (Å²) < 4.78 is 2.60. The van der Waals surface area contributed by atoms with E-state index in [2.05, 4.69) is 249 Å². The summed E-state index contributed by atoms with van der Waals surface area (Å²) in [7, 11) is 0. The highest BCUT2D eigenvalue weighted by Gasteiger charge is 2.58. The Morgan fingerprint density at radius 2 is 1.09 bits per heavy atom. The summed E-state index contributed by atoms with van der Waals surface area (Å²) in [5, 5.41) is 2.60. The largest absolute Gasteiger partial charge is 0.309 e. The quantitative estimate of drug-likeness (QED) is 0.161. The van der Waals surface area contributed by atoms with E-state index in [1.807, 2.05) is 11.3 Å². The highest BCUT2D eigenvalue weighted by atomic mass is 32.1. The summed E-state index contributed by atoms with van der Waals surface area (Å²) in [6.45, 7) is 4.78. The van der Waals surface area contributed by atoms with Gasteiger partial charge in [0.2, 0.25) is 0 Å². The first-order valence-electron chi connectivity index (χ1n) is 23.8. The maximum atomic E-state index is 2.57. The predicted molar refractivity (Wildman–Crippen MR) is 282 cm³/mol. The van der Waals surface area contributed by atoms with Crippen molar-refractivity contribution in [2.24, 2.45) is 5.92 Å². The van der Waals surface area contributed by atoms with E-state index in [-0.39, 0.29) is 11.3 Å². The average Bonchev–Trinajstić information content (AvgIpc) is 4.00. The van der Waals surface area contributed by atoms with Crippen LogP contribution in [-0.2, 0) is 16.2 Å². The third-order valence-corrected chi connectivity index (χ3v) is 17.2. The zero-order valence-electron chi connectivity index (χ0n) is 37.6. The van der Waals surface area contributed by atoms with Gasteiger partial charge < -0.3 is 4.90 Å². The molecule has 1 heterocycles. The third kappa shape index (κ3) is 5.09. The molecular formula is C65H47NS. The second-order valence-electron chi connectivity index (χ2n) is 19.4. The fourth-order valence-electron chi connectivity index (χ4n) is 13.3. The molecule has 0 saturated heterocycles. The molecule has 0 aliphatic heterocycles. The molecular weight excluding hydrogens is 827 g/mol. The average molecular weight is 874 g/mol. The monoisotopic (exact) mass is 873 g/mol. The molecule has 0 amide bonds. The Bertz CT molecular complexity index is 3740. The van der Waals surface area contributed by atoms with Crippen LogP contribution in [0.25, 0.3) is 42.4 Å². The number of rotatable bonds is 6. The van der Waals surface area contributed by atoms with Gasteiger partial charge in [-0.1, -0.05) is 208 Å². The van der Waals surface area contributed by atoms with E-state index < -0.39 is 10.8 Å². The van der Waals surface area contributed by atoms with Crippen molar-refractivity contribution >= 4 is 48.6 Å². The minimum Gasteiger partial charge on any atom is -0.309 e. The molecule has 2 heteroatoms. The Labute approximate surface area is 396 Å². The topological polar surface area (TPSA) is 3.24 Å². The standard InChI is InChI=1S/C65H47NS/c1-63(2)53-31-12-9-26-47(53)49-39-38-46(41-58(49)63)66(59-36-19-30-52-50-28-11-16-37-60(50)67-62(52)59)45-25-17-24-44(40-45)64(42-20-5-3-6-21-42)55-33-14-15-34-56(55)65(43-22-7-4-8-23-43)54-32-13-10-27-48(54)51-29-18-35-57(64)61(51)65/h3-20,22-42H,21H2,1-2H3. The molecule has 1 nitrogen and oxygen atoms in total. The van der Waals surface area contributed by atoms with Crippen molar-refractivity contribution in [2.75, 3.05) is 4.90 Å². The van der Waals surface area contributed by atoms with Crippen LogP contribution in [0.2, 0.25) is 0 Å². The molecule has 0 saturated carbocycles. The van der Waals surface area contributed by atoms with Crippen LogP contribution in [0, 0.1) is 5.92 Å². The predicted octanol–water partition coefficient (Wildman–Crippen LogP) is 17.0.